The topological polar surface area (TPSA) is 78.7 Å². The van der Waals surface area contributed by atoms with Gasteiger partial charge in [-0.3, -0.25) is 0 Å². The van der Waals surface area contributed by atoms with Crippen LogP contribution in [0.1, 0.15) is 33.1 Å². The summed E-state index contributed by atoms with van der Waals surface area (Å²) in [4.78, 5) is 2.00. The molecule has 0 aliphatic carbocycles. The van der Waals surface area contributed by atoms with Crippen LogP contribution in [0.2, 0.25) is 0 Å². The van der Waals surface area contributed by atoms with E-state index in [1.807, 2.05) is 32.8 Å². The van der Waals surface area contributed by atoms with Crippen molar-refractivity contribution in [3.05, 3.63) is 0 Å². The summed E-state index contributed by atoms with van der Waals surface area (Å²) in [5.74, 6) is 0.244. The van der Waals surface area contributed by atoms with E-state index in [-0.39, 0.29) is 18.0 Å². The van der Waals surface area contributed by atoms with Crippen LogP contribution in [-0.4, -0.2) is 63.4 Å². The molecule has 20 heavy (non-hydrogen) atoms. The van der Waals surface area contributed by atoms with Gasteiger partial charge in [0.1, 0.15) is 0 Å². The van der Waals surface area contributed by atoms with E-state index in [2.05, 4.69) is 4.72 Å². The highest BCUT2D eigenvalue weighted by molar-refractivity contribution is 7.87. The van der Waals surface area contributed by atoms with Gasteiger partial charge >= 0.3 is 0 Å². The molecule has 0 bridgehead atoms. The number of rotatable bonds is 7. The Hall–Kier alpha value is -0.210. The minimum atomic E-state index is -3.46. The van der Waals surface area contributed by atoms with Gasteiger partial charge in [-0.15, -0.1) is 0 Å². The Labute approximate surface area is 123 Å². The molecule has 0 aromatic heterocycles. The van der Waals surface area contributed by atoms with Gasteiger partial charge in [-0.1, -0.05) is 20.3 Å². The lowest BCUT2D eigenvalue weighted by Crippen LogP contribution is -2.56. The molecule has 0 radical (unpaired) electrons. The molecule has 1 aliphatic heterocycles. The first-order chi connectivity index (χ1) is 9.27. The summed E-state index contributed by atoms with van der Waals surface area (Å²) >= 11 is 0. The van der Waals surface area contributed by atoms with E-state index in [0.717, 1.165) is 19.3 Å². The minimum Gasteiger partial charge on any atom is -0.329 e. The molecule has 6 nitrogen and oxygen atoms in total. The summed E-state index contributed by atoms with van der Waals surface area (Å²) < 4.78 is 29.6. The Morgan fingerprint density at radius 3 is 2.50 bits per heavy atom. The van der Waals surface area contributed by atoms with Gasteiger partial charge in [-0.25, -0.2) is 0 Å². The Bertz CT molecular complexity index is 384. The Morgan fingerprint density at radius 2 is 2.00 bits per heavy atom. The highest BCUT2D eigenvalue weighted by Gasteiger charge is 2.33. The van der Waals surface area contributed by atoms with Crippen molar-refractivity contribution in [2.75, 3.05) is 33.7 Å². The van der Waals surface area contributed by atoms with Gasteiger partial charge in [0.2, 0.25) is 0 Å². The summed E-state index contributed by atoms with van der Waals surface area (Å²) in [7, 11) is 0.445. The number of nitrogens with zero attached hydrogens (tertiary/aromatic N) is 2. The number of nitrogens with one attached hydrogen (secondary N) is 1. The molecule has 0 saturated carbocycles. The standard InChI is InChI=1S/C13H30N4O2S/c1-11(2)13(10-16(3)4)15-20(18,19)17-8-6-5-7-12(17)9-14/h11-13,15H,5-10,14H2,1-4H3. The molecule has 120 valence electrons. The van der Waals surface area contributed by atoms with Crippen LogP contribution in [-0.2, 0) is 10.2 Å². The molecule has 7 heteroatoms. The summed E-state index contributed by atoms with van der Waals surface area (Å²) in [6.45, 7) is 5.73. The number of piperidine rings is 1. The predicted molar refractivity (Wildman–Crippen MR) is 82.6 cm³/mol. The van der Waals surface area contributed by atoms with Gasteiger partial charge in [0.15, 0.2) is 0 Å². The highest BCUT2D eigenvalue weighted by atomic mass is 32.2. The SMILES string of the molecule is CC(C)C(CN(C)C)NS(=O)(=O)N1CCCCC1CN. The van der Waals surface area contributed by atoms with Crippen LogP contribution in [0, 0.1) is 5.92 Å². The molecule has 0 amide bonds. The maximum Gasteiger partial charge on any atom is 0.280 e. The fourth-order valence-electron chi connectivity index (χ4n) is 2.56. The van der Waals surface area contributed by atoms with Crippen LogP contribution in [0.5, 0.6) is 0 Å². The summed E-state index contributed by atoms with van der Waals surface area (Å²) in [6, 6.07) is -0.149. The second-order valence-corrected chi connectivity index (χ2v) is 7.89. The van der Waals surface area contributed by atoms with Crippen molar-refractivity contribution in [1.82, 2.24) is 13.9 Å². The molecule has 0 aromatic rings. The maximum atomic E-state index is 12.6. The second-order valence-electron chi connectivity index (χ2n) is 6.23. The molecule has 2 unspecified atom stereocenters. The lowest BCUT2D eigenvalue weighted by atomic mass is 10.1. The summed E-state index contributed by atoms with van der Waals surface area (Å²) in [5, 5.41) is 0. The first-order valence-electron chi connectivity index (χ1n) is 7.41. The van der Waals surface area contributed by atoms with Gasteiger partial charge in [-0.05, 0) is 32.9 Å². The number of hydrogen-bond acceptors (Lipinski definition) is 4. The Kier molecular flexibility index (Phi) is 6.87. The van der Waals surface area contributed by atoms with Gasteiger partial charge in [0, 0.05) is 31.7 Å². The minimum absolute atomic E-state index is 0.0616. The Balaban J connectivity index is 2.80. The quantitative estimate of drug-likeness (QED) is 0.705. The normalized spacial score (nSPS) is 23.4. The van der Waals surface area contributed by atoms with E-state index in [0.29, 0.717) is 19.6 Å². The van der Waals surface area contributed by atoms with Crippen LogP contribution >= 0.6 is 0 Å². The number of likely N-dealkylation sites (N-methyl/N-ethyl adjacent to an activating group) is 1. The summed E-state index contributed by atoms with van der Waals surface area (Å²) in [6.07, 6.45) is 2.83. The van der Waals surface area contributed by atoms with Crippen LogP contribution < -0.4 is 10.5 Å². The zero-order valence-corrected chi connectivity index (χ0v) is 14.0. The van der Waals surface area contributed by atoms with Crippen molar-refractivity contribution in [2.45, 2.75) is 45.2 Å². The molecule has 1 rings (SSSR count). The zero-order chi connectivity index (χ0) is 15.3. The van der Waals surface area contributed by atoms with Crippen LogP contribution in [0.4, 0.5) is 0 Å². The lowest BCUT2D eigenvalue weighted by Gasteiger charge is -2.36. The van der Waals surface area contributed by atoms with Crippen molar-refractivity contribution >= 4 is 10.2 Å². The van der Waals surface area contributed by atoms with Crippen molar-refractivity contribution in [2.24, 2.45) is 11.7 Å². The molecule has 0 aromatic carbocycles. The molecule has 0 spiro atoms. The lowest BCUT2D eigenvalue weighted by molar-refractivity contribution is 0.246. The number of hydrogen-bond donors (Lipinski definition) is 2. The van der Waals surface area contributed by atoms with Crippen molar-refractivity contribution < 1.29 is 8.42 Å². The third-order valence-corrected chi connectivity index (χ3v) is 5.52. The molecule has 2 atom stereocenters. The van der Waals surface area contributed by atoms with Gasteiger partial charge < -0.3 is 10.6 Å². The third kappa shape index (κ3) is 4.96. The van der Waals surface area contributed by atoms with E-state index >= 15 is 0 Å². The predicted octanol–water partition coefficient (Wildman–Crippen LogP) is 0.220. The van der Waals surface area contributed by atoms with Gasteiger partial charge in [0.05, 0.1) is 0 Å². The average Bonchev–Trinajstić information content (AvgIpc) is 2.37. The molecule has 3 N–H and O–H groups in total. The zero-order valence-electron chi connectivity index (χ0n) is 13.2. The first kappa shape index (κ1) is 17.8. The van der Waals surface area contributed by atoms with Crippen LogP contribution in [0.25, 0.3) is 0 Å². The molecule has 1 heterocycles. The summed E-state index contributed by atoms with van der Waals surface area (Å²) in [5.41, 5.74) is 5.72. The van der Waals surface area contributed by atoms with E-state index < -0.39 is 10.2 Å². The number of nitrogens with two attached hydrogens (primary N) is 1. The smallest absolute Gasteiger partial charge is 0.280 e. The molecular formula is C13H30N4O2S. The van der Waals surface area contributed by atoms with E-state index in [1.54, 1.807) is 4.31 Å². The van der Waals surface area contributed by atoms with E-state index in [9.17, 15) is 8.42 Å². The largest absolute Gasteiger partial charge is 0.329 e. The highest BCUT2D eigenvalue weighted by Crippen LogP contribution is 2.19. The molecular weight excluding hydrogens is 276 g/mol. The molecule has 1 aliphatic rings. The monoisotopic (exact) mass is 306 g/mol. The fraction of sp³-hybridized carbons (Fsp3) is 1.00. The van der Waals surface area contributed by atoms with Crippen molar-refractivity contribution in [3.8, 4) is 0 Å². The second kappa shape index (κ2) is 7.70. The van der Waals surface area contributed by atoms with Crippen molar-refractivity contribution in [1.29, 1.82) is 0 Å². The fourth-order valence-corrected chi connectivity index (χ4v) is 4.38. The van der Waals surface area contributed by atoms with Crippen LogP contribution in [0.3, 0.4) is 0 Å². The molecule has 1 saturated heterocycles. The van der Waals surface area contributed by atoms with Crippen LogP contribution in [0.15, 0.2) is 0 Å². The first-order valence-corrected chi connectivity index (χ1v) is 8.85. The van der Waals surface area contributed by atoms with E-state index in [1.165, 1.54) is 0 Å². The van der Waals surface area contributed by atoms with E-state index in [4.69, 9.17) is 5.73 Å². The van der Waals surface area contributed by atoms with Gasteiger partial charge in [-0.2, -0.15) is 17.4 Å². The van der Waals surface area contributed by atoms with Crippen molar-refractivity contribution in [3.63, 3.8) is 0 Å². The Morgan fingerprint density at radius 1 is 1.35 bits per heavy atom. The third-order valence-electron chi connectivity index (χ3n) is 3.82. The molecule has 1 fully saturated rings. The van der Waals surface area contributed by atoms with Gasteiger partial charge in [0.25, 0.3) is 10.2 Å². The maximum absolute atomic E-state index is 12.6. The average molecular weight is 306 g/mol.